The van der Waals surface area contributed by atoms with Crippen LogP contribution in [0.25, 0.3) is 0 Å². The fourth-order valence-corrected chi connectivity index (χ4v) is 0. The standard InChI is InChI=1S/4FH.Na.Zr.H/h4*1H;;;/q;;;;+1;;-1. The summed E-state index contributed by atoms with van der Waals surface area (Å²) in [6, 6.07) is 0. The van der Waals surface area contributed by atoms with E-state index in [0.717, 1.165) is 0 Å². The van der Waals surface area contributed by atoms with Crippen molar-refractivity contribution < 1.29 is 76.0 Å². The van der Waals surface area contributed by atoms with Crippen molar-refractivity contribution in [3.05, 3.63) is 0 Å². The van der Waals surface area contributed by atoms with E-state index in [2.05, 4.69) is 0 Å². The van der Waals surface area contributed by atoms with Crippen LogP contribution in [0.5, 0.6) is 0 Å². The quantitative estimate of drug-likeness (QED) is 0.302. The molecule has 0 amide bonds. The van der Waals surface area contributed by atoms with Crippen molar-refractivity contribution in [3.63, 3.8) is 0 Å². The number of hydrogen-bond acceptors (Lipinski definition) is 0. The summed E-state index contributed by atoms with van der Waals surface area (Å²) in [7, 11) is 0. The van der Waals surface area contributed by atoms with Crippen LogP contribution < -0.4 is 29.6 Å². The van der Waals surface area contributed by atoms with Gasteiger partial charge in [-0.3, -0.25) is 18.8 Å². The Morgan fingerprint density at radius 1 is 0.667 bits per heavy atom. The van der Waals surface area contributed by atoms with Crippen LogP contribution in [0, 0.1) is 0 Å². The molecule has 0 aliphatic rings. The maximum absolute atomic E-state index is 0. The molecule has 0 N–H and O–H groups in total. The van der Waals surface area contributed by atoms with Crippen LogP contribution in [0.15, 0.2) is 0 Å². The molecule has 0 aromatic carbocycles. The first kappa shape index (κ1) is 129. The van der Waals surface area contributed by atoms with Gasteiger partial charge >= 0.3 is 29.6 Å². The van der Waals surface area contributed by atoms with Crippen molar-refractivity contribution >= 4 is 0 Å². The summed E-state index contributed by atoms with van der Waals surface area (Å²) < 4.78 is 0. The summed E-state index contributed by atoms with van der Waals surface area (Å²) in [5, 5.41) is 0. The second-order valence-electron chi connectivity index (χ2n) is 0. The van der Waals surface area contributed by atoms with Crippen LogP contribution in [0.2, 0.25) is 0 Å². The van der Waals surface area contributed by atoms with E-state index in [1.54, 1.807) is 0 Å². The van der Waals surface area contributed by atoms with Gasteiger partial charge in [0.1, 0.15) is 0 Å². The van der Waals surface area contributed by atoms with E-state index in [1.165, 1.54) is 0 Å². The topological polar surface area (TPSA) is 0 Å². The molecule has 0 atom stereocenters. The minimum absolute atomic E-state index is 0. The van der Waals surface area contributed by atoms with E-state index in [4.69, 9.17) is 0 Å². The maximum atomic E-state index is 0. The summed E-state index contributed by atoms with van der Waals surface area (Å²) in [6.45, 7) is 0. The van der Waals surface area contributed by atoms with Gasteiger partial charge in [-0.2, -0.15) is 0 Å². The van der Waals surface area contributed by atoms with Crippen molar-refractivity contribution in [1.82, 2.24) is 0 Å². The first-order valence-corrected chi connectivity index (χ1v) is 0. The third-order valence-corrected chi connectivity index (χ3v) is 0. The molecular weight excluding hydrogens is 190 g/mol. The van der Waals surface area contributed by atoms with Crippen molar-refractivity contribution in [1.29, 1.82) is 0 Å². The molecule has 0 heterocycles. The number of hydrogen-bond donors (Lipinski definition) is 0. The average molecular weight is 195 g/mol. The fraction of sp³-hybridized carbons (Fsp3) is 0. The molecule has 0 aromatic rings. The van der Waals surface area contributed by atoms with Gasteiger partial charge in [0.2, 0.25) is 0 Å². The number of rotatable bonds is 0. The van der Waals surface area contributed by atoms with Crippen LogP contribution in [-0.4, -0.2) is 0 Å². The average Bonchev–Trinajstić information content (AvgIpc) is 0. The van der Waals surface area contributed by atoms with E-state index >= 15 is 0 Å². The Bertz CT molecular complexity index is 11.7. The second kappa shape index (κ2) is 80.7. The van der Waals surface area contributed by atoms with Crippen molar-refractivity contribution in [3.8, 4) is 0 Å². The Labute approximate surface area is 75.4 Å². The van der Waals surface area contributed by atoms with Gasteiger partial charge in [0.05, 0.1) is 0 Å². The maximum Gasteiger partial charge on any atom is 1.00 e. The zero-order chi connectivity index (χ0) is 0. The van der Waals surface area contributed by atoms with Crippen LogP contribution in [0.3, 0.4) is 0 Å². The van der Waals surface area contributed by atoms with E-state index in [1.807, 2.05) is 0 Å². The molecule has 0 aliphatic carbocycles. The van der Waals surface area contributed by atoms with Crippen molar-refractivity contribution in [2.24, 2.45) is 0 Å². The summed E-state index contributed by atoms with van der Waals surface area (Å²) in [5.41, 5.74) is 0. The first-order chi connectivity index (χ1) is 0. The van der Waals surface area contributed by atoms with Gasteiger partial charge in [0.15, 0.2) is 0 Å². The third-order valence-electron chi connectivity index (χ3n) is 0. The Morgan fingerprint density at radius 3 is 0.667 bits per heavy atom. The molecule has 6 heavy (non-hydrogen) atoms. The minimum atomic E-state index is 0. The van der Waals surface area contributed by atoms with E-state index in [9.17, 15) is 0 Å². The Balaban J connectivity index is 0. The van der Waals surface area contributed by atoms with Gasteiger partial charge in [-0.1, -0.05) is 0 Å². The summed E-state index contributed by atoms with van der Waals surface area (Å²) in [6.07, 6.45) is 0. The van der Waals surface area contributed by atoms with Gasteiger partial charge in [-0.15, -0.1) is 0 Å². The molecule has 0 fully saturated rings. The van der Waals surface area contributed by atoms with Gasteiger partial charge in [-0.25, -0.2) is 0 Å². The molecule has 0 spiro atoms. The molecular formula is H5F4NaZr. The summed E-state index contributed by atoms with van der Waals surface area (Å²) >= 11 is 0. The van der Waals surface area contributed by atoms with Gasteiger partial charge in [0, 0.05) is 26.2 Å². The zero-order valence-corrected chi connectivity index (χ0v) is 7.59. The predicted octanol–water partition coefficient (Wildman–Crippen LogP) is -2.28. The minimum Gasteiger partial charge on any atom is -1.00 e. The molecule has 6 heteroatoms. The molecule has 0 aromatic heterocycles. The van der Waals surface area contributed by atoms with Crippen LogP contribution >= 0.6 is 0 Å². The van der Waals surface area contributed by atoms with Crippen LogP contribution in [0.4, 0.5) is 18.8 Å². The Hall–Kier alpha value is 1.60. The fourth-order valence-electron chi connectivity index (χ4n) is 0. The Morgan fingerprint density at radius 2 is 0.667 bits per heavy atom. The largest absolute Gasteiger partial charge is 1.00 e. The van der Waals surface area contributed by atoms with Crippen molar-refractivity contribution in [2.45, 2.75) is 0 Å². The molecule has 0 saturated carbocycles. The van der Waals surface area contributed by atoms with E-state index in [0.29, 0.717) is 0 Å². The molecule has 0 radical (unpaired) electrons. The molecule has 0 aliphatic heterocycles. The monoisotopic (exact) mass is 194 g/mol. The van der Waals surface area contributed by atoms with Gasteiger partial charge in [-0.05, 0) is 0 Å². The summed E-state index contributed by atoms with van der Waals surface area (Å²) in [5.74, 6) is 0. The predicted molar refractivity (Wildman–Crippen MR) is 11.1 cm³/mol. The molecule has 38 valence electrons. The molecule has 0 unspecified atom stereocenters. The van der Waals surface area contributed by atoms with E-state index in [-0.39, 0.29) is 76.0 Å². The molecule has 0 saturated heterocycles. The van der Waals surface area contributed by atoms with Gasteiger partial charge < -0.3 is 1.43 Å². The SMILES string of the molecule is F.F.F.F.[H-].[Na+].[Zr]. The van der Waals surface area contributed by atoms with Crippen LogP contribution in [-0.2, 0) is 26.2 Å². The molecule has 0 rings (SSSR count). The zero-order valence-electron chi connectivity index (χ0n) is 4.13. The third kappa shape index (κ3) is 46.2. The van der Waals surface area contributed by atoms with E-state index < -0.39 is 0 Å². The van der Waals surface area contributed by atoms with Crippen LogP contribution in [0.1, 0.15) is 1.43 Å². The summed E-state index contributed by atoms with van der Waals surface area (Å²) in [4.78, 5) is 0. The normalized spacial score (nSPS) is 0. The second-order valence-corrected chi connectivity index (χ2v) is 0. The van der Waals surface area contributed by atoms with Crippen molar-refractivity contribution in [2.75, 3.05) is 0 Å². The first-order valence-electron chi connectivity index (χ1n) is 0. The Kier molecular flexibility index (Phi) is 1730. The molecule has 0 nitrogen and oxygen atoms in total. The smallest absolute Gasteiger partial charge is 1.00 e. The van der Waals surface area contributed by atoms with Gasteiger partial charge in [0.25, 0.3) is 0 Å². The number of halogens is 4. The molecule has 0 bridgehead atoms.